The molecule has 0 fully saturated rings. The Morgan fingerprint density at radius 3 is 2.70 bits per heavy atom. The van der Waals surface area contributed by atoms with Crippen LogP contribution in [0.25, 0.3) is 5.69 Å². The predicted octanol–water partition coefficient (Wildman–Crippen LogP) is 2.87. The van der Waals surface area contributed by atoms with Crippen molar-refractivity contribution in [2.24, 2.45) is 4.99 Å². The number of nitrogens with zero attached hydrogens (tertiary/aromatic N) is 4. The number of hydrogen-bond donors (Lipinski definition) is 1. The molecule has 6 heteroatoms. The van der Waals surface area contributed by atoms with Crippen molar-refractivity contribution in [2.75, 3.05) is 0 Å². The smallest absolute Gasteiger partial charge is 0.163 e. The summed E-state index contributed by atoms with van der Waals surface area (Å²) in [6.07, 6.45) is 0. The summed E-state index contributed by atoms with van der Waals surface area (Å²) in [6.45, 7) is 0.257. The highest BCUT2D eigenvalue weighted by Crippen LogP contribution is 2.28. The van der Waals surface area contributed by atoms with E-state index in [9.17, 15) is 5.11 Å². The summed E-state index contributed by atoms with van der Waals surface area (Å²) >= 11 is 3.54. The highest BCUT2D eigenvalue weighted by Gasteiger charge is 2.22. The third-order valence-electron chi connectivity index (χ3n) is 3.82. The number of aliphatic hydroxyl groups excluding tert-OH is 1. The zero-order valence-electron chi connectivity index (χ0n) is 12.1. The fraction of sp³-hybridized carbons (Fsp3) is 0.118. The Labute approximate surface area is 141 Å². The van der Waals surface area contributed by atoms with Crippen molar-refractivity contribution in [2.45, 2.75) is 13.2 Å². The summed E-state index contributed by atoms with van der Waals surface area (Å²) < 4.78 is 2.86. The second-order valence-electron chi connectivity index (χ2n) is 5.22. The molecule has 0 amide bonds. The van der Waals surface area contributed by atoms with Crippen LogP contribution >= 0.6 is 15.9 Å². The van der Waals surface area contributed by atoms with Gasteiger partial charge >= 0.3 is 0 Å². The minimum atomic E-state index is -0.164. The van der Waals surface area contributed by atoms with E-state index in [0.29, 0.717) is 12.4 Å². The van der Waals surface area contributed by atoms with Gasteiger partial charge in [0.15, 0.2) is 11.6 Å². The van der Waals surface area contributed by atoms with Crippen LogP contribution in [0, 0.1) is 0 Å². The van der Waals surface area contributed by atoms with Gasteiger partial charge in [0.1, 0.15) is 13.2 Å². The van der Waals surface area contributed by atoms with Crippen LogP contribution in [0.3, 0.4) is 0 Å². The van der Waals surface area contributed by atoms with Gasteiger partial charge in [-0.05, 0) is 18.2 Å². The van der Waals surface area contributed by atoms with Gasteiger partial charge in [-0.1, -0.05) is 46.3 Å². The third-order valence-corrected chi connectivity index (χ3v) is 4.31. The third kappa shape index (κ3) is 2.40. The molecule has 0 saturated carbocycles. The molecule has 1 aliphatic heterocycles. The summed E-state index contributed by atoms with van der Waals surface area (Å²) in [5, 5.41) is 17.8. The van der Waals surface area contributed by atoms with Crippen LogP contribution in [-0.2, 0) is 13.2 Å². The van der Waals surface area contributed by atoms with Crippen molar-refractivity contribution in [1.82, 2.24) is 14.8 Å². The molecule has 114 valence electrons. The summed E-state index contributed by atoms with van der Waals surface area (Å²) in [6, 6.07) is 16.1. The van der Waals surface area contributed by atoms with E-state index in [4.69, 9.17) is 4.99 Å². The number of rotatable bonds is 2. The van der Waals surface area contributed by atoms with Gasteiger partial charge in [-0.2, -0.15) is 0 Å². The highest BCUT2D eigenvalue weighted by atomic mass is 79.9. The topological polar surface area (TPSA) is 63.3 Å². The molecule has 0 spiro atoms. The molecule has 1 N–H and O–H groups in total. The van der Waals surface area contributed by atoms with Gasteiger partial charge < -0.3 is 5.11 Å². The first-order valence-corrected chi connectivity index (χ1v) is 8.01. The number of aliphatic hydroxyl groups is 1. The number of aromatic nitrogens is 3. The van der Waals surface area contributed by atoms with Crippen LogP contribution in [0.1, 0.15) is 22.8 Å². The molecule has 23 heavy (non-hydrogen) atoms. The van der Waals surface area contributed by atoms with E-state index in [-0.39, 0.29) is 6.61 Å². The van der Waals surface area contributed by atoms with E-state index in [1.54, 1.807) is 0 Å². The zero-order chi connectivity index (χ0) is 15.8. The maximum Gasteiger partial charge on any atom is 0.163 e. The van der Waals surface area contributed by atoms with Crippen LogP contribution in [0.2, 0.25) is 0 Å². The Morgan fingerprint density at radius 1 is 1.09 bits per heavy atom. The molecule has 2 aromatic carbocycles. The number of benzene rings is 2. The molecule has 0 radical (unpaired) electrons. The fourth-order valence-electron chi connectivity index (χ4n) is 2.81. The largest absolute Gasteiger partial charge is 0.388 e. The Morgan fingerprint density at radius 2 is 1.91 bits per heavy atom. The maximum atomic E-state index is 9.57. The van der Waals surface area contributed by atoms with Crippen molar-refractivity contribution in [3.63, 3.8) is 0 Å². The molecule has 2 heterocycles. The lowest BCUT2D eigenvalue weighted by molar-refractivity contribution is 0.268. The van der Waals surface area contributed by atoms with Gasteiger partial charge in [0.25, 0.3) is 0 Å². The average molecular weight is 369 g/mol. The van der Waals surface area contributed by atoms with E-state index in [2.05, 4.69) is 26.1 Å². The lowest BCUT2D eigenvalue weighted by Crippen LogP contribution is -2.09. The van der Waals surface area contributed by atoms with Gasteiger partial charge in [-0.3, -0.25) is 9.56 Å². The van der Waals surface area contributed by atoms with Crippen molar-refractivity contribution in [3.8, 4) is 5.69 Å². The molecule has 1 aliphatic rings. The summed E-state index contributed by atoms with van der Waals surface area (Å²) in [5.41, 5.74) is 3.88. The second-order valence-corrected chi connectivity index (χ2v) is 6.13. The summed E-state index contributed by atoms with van der Waals surface area (Å²) in [5.74, 6) is 1.25. The maximum absolute atomic E-state index is 9.57. The van der Waals surface area contributed by atoms with Gasteiger partial charge in [-0.25, -0.2) is 0 Å². The SMILES string of the molecule is OCc1nnc2n1-c1ccc(Br)cc1C(c1ccccc1)=NC2. The molecule has 5 nitrogen and oxygen atoms in total. The Bertz CT molecular complexity index is 902. The average Bonchev–Trinajstić information content (AvgIpc) is 2.92. The molecule has 0 bridgehead atoms. The highest BCUT2D eigenvalue weighted by molar-refractivity contribution is 9.10. The van der Waals surface area contributed by atoms with Gasteiger partial charge in [-0.15, -0.1) is 10.2 Å². The minimum Gasteiger partial charge on any atom is -0.388 e. The lowest BCUT2D eigenvalue weighted by Gasteiger charge is -2.13. The van der Waals surface area contributed by atoms with E-state index < -0.39 is 0 Å². The summed E-state index contributed by atoms with van der Waals surface area (Å²) in [4.78, 5) is 4.76. The molecular weight excluding hydrogens is 356 g/mol. The molecular formula is C17H13BrN4O. The van der Waals surface area contributed by atoms with Crippen molar-refractivity contribution in [1.29, 1.82) is 0 Å². The quantitative estimate of drug-likeness (QED) is 0.756. The molecule has 0 saturated heterocycles. The van der Waals surface area contributed by atoms with E-state index in [0.717, 1.165) is 32.8 Å². The fourth-order valence-corrected chi connectivity index (χ4v) is 3.17. The first kappa shape index (κ1) is 14.3. The van der Waals surface area contributed by atoms with E-state index in [1.807, 2.05) is 53.1 Å². The van der Waals surface area contributed by atoms with Crippen LogP contribution in [0.4, 0.5) is 0 Å². The van der Waals surface area contributed by atoms with Crippen LogP contribution < -0.4 is 0 Å². The molecule has 4 rings (SSSR count). The monoisotopic (exact) mass is 368 g/mol. The molecule has 0 atom stereocenters. The van der Waals surface area contributed by atoms with Crippen molar-refractivity contribution >= 4 is 21.6 Å². The normalized spacial score (nSPS) is 13.0. The number of hydrogen-bond acceptors (Lipinski definition) is 4. The van der Waals surface area contributed by atoms with Crippen LogP contribution in [0.5, 0.6) is 0 Å². The second kappa shape index (κ2) is 5.72. The lowest BCUT2D eigenvalue weighted by atomic mass is 10.0. The number of fused-ring (bicyclic) bond motifs is 3. The van der Waals surface area contributed by atoms with Crippen molar-refractivity contribution < 1.29 is 5.11 Å². The van der Waals surface area contributed by atoms with E-state index in [1.165, 1.54) is 0 Å². The van der Waals surface area contributed by atoms with Crippen molar-refractivity contribution in [3.05, 3.63) is 75.8 Å². The number of halogens is 1. The first-order chi connectivity index (χ1) is 11.3. The Balaban J connectivity index is 2.00. The molecule has 0 unspecified atom stereocenters. The Hall–Kier alpha value is -2.31. The summed E-state index contributed by atoms with van der Waals surface area (Å²) in [7, 11) is 0. The number of aliphatic imine (C=N–C) groups is 1. The zero-order valence-corrected chi connectivity index (χ0v) is 13.7. The van der Waals surface area contributed by atoms with Crippen LogP contribution in [-0.4, -0.2) is 25.6 Å². The molecule has 0 aliphatic carbocycles. The van der Waals surface area contributed by atoms with Gasteiger partial charge in [0.2, 0.25) is 0 Å². The van der Waals surface area contributed by atoms with Gasteiger partial charge in [0.05, 0.1) is 11.4 Å². The first-order valence-electron chi connectivity index (χ1n) is 7.22. The Kier molecular flexibility index (Phi) is 3.55. The van der Waals surface area contributed by atoms with Gasteiger partial charge in [0, 0.05) is 15.6 Å². The van der Waals surface area contributed by atoms with Crippen LogP contribution in [0.15, 0.2) is 58.0 Å². The standard InChI is InChI=1S/C17H13BrN4O/c18-12-6-7-14-13(8-12)17(11-4-2-1-3-5-11)19-9-15-20-21-16(10-23)22(14)15/h1-8,23H,9-10H2. The molecule has 1 aromatic heterocycles. The van der Waals surface area contributed by atoms with E-state index >= 15 is 0 Å². The molecule has 3 aromatic rings. The predicted molar refractivity (Wildman–Crippen MR) is 90.8 cm³/mol. The minimum absolute atomic E-state index is 0.164.